The van der Waals surface area contributed by atoms with Gasteiger partial charge in [-0.15, -0.1) is 0 Å². The number of rotatable bonds is 3. The Kier molecular flexibility index (Phi) is 3.81. The van der Waals surface area contributed by atoms with Crippen molar-refractivity contribution in [2.75, 3.05) is 26.4 Å². The van der Waals surface area contributed by atoms with Crippen molar-refractivity contribution in [3.63, 3.8) is 0 Å². The molecule has 0 spiro atoms. The van der Waals surface area contributed by atoms with Gasteiger partial charge in [0, 0.05) is 12.6 Å². The largest absolute Gasteiger partial charge is 0.486 e. The molecule has 1 fully saturated rings. The van der Waals surface area contributed by atoms with Crippen LogP contribution in [0.15, 0.2) is 23.1 Å². The van der Waals surface area contributed by atoms with E-state index in [0.717, 1.165) is 6.42 Å². The summed E-state index contributed by atoms with van der Waals surface area (Å²) in [5, 5.41) is 9.46. The summed E-state index contributed by atoms with van der Waals surface area (Å²) in [7, 11) is -3.63. The lowest BCUT2D eigenvalue weighted by Crippen LogP contribution is -2.39. The third kappa shape index (κ3) is 2.49. The van der Waals surface area contributed by atoms with Gasteiger partial charge in [-0.25, -0.2) is 8.42 Å². The van der Waals surface area contributed by atoms with Crippen molar-refractivity contribution in [3.05, 3.63) is 18.2 Å². The van der Waals surface area contributed by atoms with Crippen LogP contribution in [0.3, 0.4) is 0 Å². The Hall–Kier alpha value is -1.31. The Labute approximate surface area is 124 Å². The van der Waals surface area contributed by atoms with Crippen molar-refractivity contribution in [1.29, 1.82) is 0 Å². The van der Waals surface area contributed by atoms with E-state index in [1.807, 2.05) is 6.92 Å². The topological polar surface area (TPSA) is 76.1 Å². The van der Waals surface area contributed by atoms with Gasteiger partial charge in [-0.1, -0.05) is 6.92 Å². The highest BCUT2D eigenvalue weighted by Crippen LogP contribution is 2.35. The fourth-order valence-electron chi connectivity index (χ4n) is 2.86. The second-order valence-corrected chi connectivity index (χ2v) is 7.33. The van der Waals surface area contributed by atoms with Gasteiger partial charge >= 0.3 is 0 Å². The van der Waals surface area contributed by atoms with Crippen LogP contribution in [0.25, 0.3) is 0 Å². The molecular formula is C14H19NO5S. The van der Waals surface area contributed by atoms with E-state index in [1.54, 1.807) is 6.07 Å². The van der Waals surface area contributed by atoms with E-state index in [2.05, 4.69) is 0 Å². The predicted octanol–water partition coefficient (Wildman–Crippen LogP) is 0.849. The first-order valence-electron chi connectivity index (χ1n) is 7.06. The normalized spacial score (nSPS) is 26.0. The molecule has 116 valence electrons. The van der Waals surface area contributed by atoms with E-state index in [9.17, 15) is 13.5 Å². The number of aliphatic hydroxyl groups is 1. The van der Waals surface area contributed by atoms with Crippen molar-refractivity contribution in [2.45, 2.75) is 24.3 Å². The zero-order valence-corrected chi connectivity index (χ0v) is 12.7. The second-order valence-electron chi connectivity index (χ2n) is 5.44. The molecule has 0 bridgehead atoms. The van der Waals surface area contributed by atoms with Crippen LogP contribution in [0, 0.1) is 5.92 Å². The predicted molar refractivity (Wildman–Crippen MR) is 76.0 cm³/mol. The minimum absolute atomic E-state index is 0.155. The Morgan fingerprint density at radius 2 is 2.00 bits per heavy atom. The van der Waals surface area contributed by atoms with Crippen LogP contribution in [0.2, 0.25) is 0 Å². The highest BCUT2D eigenvalue weighted by Gasteiger charge is 2.39. The number of benzene rings is 1. The first-order valence-corrected chi connectivity index (χ1v) is 8.50. The van der Waals surface area contributed by atoms with Crippen LogP contribution in [-0.2, 0) is 10.0 Å². The quantitative estimate of drug-likeness (QED) is 0.895. The molecule has 2 unspecified atom stereocenters. The number of hydrogen-bond acceptors (Lipinski definition) is 5. The molecule has 1 aromatic rings. The molecule has 2 aliphatic rings. The molecule has 0 aromatic heterocycles. The average Bonchev–Trinajstić information content (AvgIpc) is 2.88. The van der Waals surface area contributed by atoms with Gasteiger partial charge in [0.25, 0.3) is 0 Å². The van der Waals surface area contributed by atoms with Crippen LogP contribution >= 0.6 is 0 Å². The molecule has 3 rings (SSSR count). The highest BCUT2D eigenvalue weighted by atomic mass is 32.2. The molecule has 6 nitrogen and oxygen atoms in total. The van der Waals surface area contributed by atoms with Crippen LogP contribution < -0.4 is 9.47 Å². The van der Waals surface area contributed by atoms with Crippen molar-refractivity contribution in [2.24, 2.45) is 5.92 Å². The fourth-order valence-corrected chi connectivity index (χ4v) is 4.61. The zero-order valence-electron chi connectivity index (χ0n) is 11.9. The number of sulfonamides is 1. The molecular weight excluding hydrogens is 294 g/mol. The smallest absolute Gasteiger partial charge is 0.243 e. The Morgan fingerprint density at radius 1 is 1.29 bits per heavy atom. The van der Waals surface area contributed by atoms with Gasteiger partial charge in [0.15, 0.2) is 11.5 Å². The maximum Gasteiger partial charge on any atom is 0.243 e. The molecule has 7 heteroatoms. The Morgan fingerprint density at radius 3 is 2.71 bits per heavy atom. The molecule has 1 N–H and O–H groups in total. The molecule has 2 heterocycles. The summed E-state index contributed by atoms with van der Waals surface area (Å²) in [5.41, 5.74) is 0. The highest BCUT2D eigenvalue weighted by molar-refractivity contribution is 7.89. The number of aliphatic hydroxyl groups excluding tert-OH is 1. The molecule has 0 aliphatic carbocycles. The third-order valence-corrected chi connectivity index (χ3v) is 6.06. The van der Waals surface area contributed by atoms with Gasteiger partial charge < -0.3 is 14.6 Å². The van der Waals surface area contributed by atoms with E-state index < -0.39 is 10.0 Å². The maximum atomic E-state index is 12.8. The molecule has 0 radical (unpaired) electrons. The lowest BCUT2D eigenvalue weighted by molar-refractivity contribution is 0.171. The molecule has 2 atom stereocenters. The molecule has 0 saturated carbocycles. The first-order chi connectivity index (χ1) is 10.0. The maximum absolute atomic E-state index is 12.8. The zero-order chi connectivity index (χ0) is 15.0. The summed E-state index contributed by atoms with van der Waals surface area (Å²) < 4.78 is 37.7. The van der Waals surface area contributed by atoms with E-state index in [0.29, 0.717) is 31.3 Å². The Bertz CT molecular complexity index is 630. The lowest BCUT2D eigenvalue weighted by Gasteiger charge is -2.25. The summed E-state index contributed by atoms with van der Waals surface area (Å²) in [6.07, 6.45) is 0.759. The summed E-state index contributed by atoms with van der Waals surface area (Å²) in [5.74, 6) is 1.17. The number of ether oxygens (including phenoxy) is 2. The van der Waals surface area contributed by atoms with Crippen LogP contribution in [-0.4, -0.2) is 50.2 Å². The van der Waals surface area contributed by atoms with Crippen LogP contribution in [0.5, 0.6) is 11.5 Å². The molecule has 21 heavy (non-hydrogen) atoms. The molecule has 0 amide bonds. The van der Waals surface area contributed by atoms with Crippen LogP contribution in [0.1, 0.15) is 13.3 Å². The number of hydrogen-bond donors (Lipinski definition) is 1. The number of fused-ring (bicyclic) bond motifs is 1. The SMILES string of the molecule is CC1CCN(S(=O)(=O)c2ccc3c(c2)OCCO3)C1CO. The lowest BCUT2D eigenvalue weighted by atomic mass is 10.0. The van der Waals surface area contributed by atoms with Crippen LogP contribution in [0.4, 0.5) is 0 Å². The summed E-state index contributed by atoms with van der Waals surface area (Å²) >= 11 is 0. The third-order valence-electron chi connectivity index (χ3n) is 4.14. The van der Waals surface area contributed by atoms with Crippen molar-refractivity contribution in [3.8, 4) is 11.5 Å². The minimum Gasteiger partial charge on any atom is -0.486 e. The summed E-state index contributed by atoms with van der Waals surface area (Å²) in [6, 6.07) is 4.29. The fraction of sp³-hybridized carbons (Fsp3) is 0.571. The average molecular weight is 313 g/mol. The van der Waals surface area contributed by atoms with E-state index in [-0.39, 0.29) is 23.5 Å². The van der Waals surface area contributed by atoms with Gasteiger partial charge in [-0.3, -0.25) is 0 Å². The summed E-state index contributed by atoms with van der Waals surface area (Å²) in [6.45, 7) is 3.11. The summed E-state index contributed by atoms with van der Waals surface area (Å²) in [4.78, 5) is 0.180. The van der Waals surface area contributed by atoms with Gasteiger partial charge in [0.2, 0.25) is 10.0 Å². The van der Waals surface area contributed by atoms with Crippen molar-refractivity contribution in [1.82, 2.24) is 4.31 Å². The van der Waals surface area contributed by atoms with E-state index in [4.69, 9.17) is 9.47 Å². The van der Waals surface area contributed by atoms with E-state index in [1.165, 1.54) is 16.4 Å². The monoisotopic (exact) mass is 313 g/mol. The van der Waals surface area contributed by atoms with Gasteiger partial charge in [0.05, 0.1) is 17.5 Å². The van der Waals surface area contributed by atoms with Gasteiger partial charge in [-0.2, -0.15) is 4.31 Å². The first kappa shape index (κ1) is 14.6. The van der Waals surface area contributed by atoms with Crippen molar-refractivity contribution >= 4 is 10.0 Å². The number of nitrogens with zero attached hydrogens (tertiary/aromatic N) is 1. The minimum atomic E-state index is -3.63. The molecule has 1 aromatic carbocycles. The molecule has 1 saturated heterocycles. The second kappa shape index (κ2) is 5.47. The van der Waals surface area contributed by atoms with Crippen molar-refractivity contribution < 1.29 is 23.0 Å². The van der Waals surface area contributed by atoms with E-state index >= 15 is 0 Å². The standard InChI is InChI=1S/C14H19NO5S/c1-10-4-5-15(12(10)9-16)21(17,18)11-2-3-13-14(8-11)20-7-6-19-13/h2-3,8,10,12,16H,4-7,9H2,1H3. The molecule has 2 aliphatic heterocycles. The van der Waals surface area contributed by atoms with Gasteiger partial charge in [0.1, 0.15) is 13.2 Å². The van der Waals surface area contributed by atoms with Gasteiger partial charge in [-0.05, 0) is 24.5 Å². The Balaban J connectivity index is 1.95.